The van der Waals surface area contributed by atoms with Crippen LogP contribution in [-0.2, 0) is 14.3 Å². The molecule has 1 heterocycles. The van der Waals surface area contributed by atoms with Crippen LogP contribution in [0.25, 0.3) is 10.4 Å². The standard InChI is InChI=1S/C8H13N3O3/c1-13-8(12)7(10-11-9)6-2-4-14-5-3-6/h6-7H,2-5H2,1H3. The summed E-state index contributed by atoms with van der Waals surface area (Å²) in [5, 5.41) is 3.47. The van der Waals surface area contributed by atoms with Crippen LogP contribution in [0.5, 0.6) is 0 Å². The summed E-state index contributed by atoms with van der Waals surface area (Å²) in [7, 11) is 1.29. The number of carbonyl (C=O) groups is 1. The van der Waals surface area contributed by atoms with Crippen molar-refractivity contribution in [1.82, 2.24) is 0 Å². The van der Waals surface area contributed by atoms with Crippen molar-refractivity contribution in [3.05, 3.63) is 10.4 Å². The van der Waals surface area contributed by atoms with Gasteiger partial charge in [0.05, 0.1) is 7.11 Å². The summed E-state index contributed by atoms with van der Waals surface area (Å²) in [6.45, 7) is 1.22. The summed E-state index contributed by atoms with van der Waals surface area (Å²) in [5.41, 5.74) is 8.33. The SMILES string of the molecule is COC(=O)C(N=[N+]=[N-])C1CCOCC1. The van der Waals surface area contributed by atoms with E-state index in [1.165, 1.54) is 7.11 Å². The first-order chi connectivity index (χ1) is 6.79. The second kappa shape index (κ2) is 5.47. The van der Waals surface area contributed by atoms with Crippen LogP contribution in [0.2, 0.25) is 0 Å². The molecule has 6 heteroatoms. The average molecular weight is 199 g/mol. The molecule has 0 spiro atoms. The first kappa shape index (κ1) is 10.8. The van der Waals surface area contributed by atoms with Crippen LogP contribution in [0, 0.1) is 5.92 Å². The van der Waals surface area contributed by atoms with Crippen LogP contribution in [0.3, 0.4) is 0 Å². The minimum atomic E-state index is -0.700. The van der Waals surface area contributed by atoms with Crippen LogP contribution in [0.1, 0.15) is 12.8 Å². The third kappa shape index (κ3) is 2.61. The Balaban J connectivity index is 2.64. The van der Waals surface area contributed by atoms with Gasteiger partial charge in [-0.25, -0.2) is 0 Å². The monoisotopic (exact) mass is 199 g/mol. The number of carbonyl (C=O) groups excluding carboxylic acids is 1. The Kier molecular flexibility index (Phi) is 4.22. The lowest BCUT2D eigenvalue weighted by Gasteiger charge is -2.25. The second-order valence-electron chi connectivity index (χ2n) is 3.12. The fourth-order valence-electron chi connectivity index (χ4n) is 1.54. The number of hydrogen-bond acceptors (Lipinski definition) is 4. The normalized spacial score (nSPS) is 19.5. The molecule has 1 atom stereocenters. The maximum absolute atomic E-state index is 11.3. The molecule has 14 heavy (non-hydrogen) atoms. The van der Waals surface area contributed by atoms with Crippen molar-refractivity contribution in [3.63, 3.8) is 0 Å². The first-order valence-corrected chi connectivity index (χ1v) is 4.49. The third-order valence-electron chi connectivity index (χ3n) is 2.33. The predicted octanol–water partition coefficient (Wildman–Crippen LogP) is 1.26. The Morgan fingerprint density at radius 3 is 2.79 bits per heavy atom. The molecule has 0 aromatic carbocycles. The Bertz CT molecular complexity index is 244. The maximum atomic E-state index is 11.3. The molecule has 1 unspecified atom stereocenters. The van der Waals surface area contributed by atoms with Gasteiger partial charge in [-0.15, -0.1) is 0 Å². The minimum absolute atomic E-state index is 0.0482. The molecule has 1 aliphatic heterocycles. The van der Waals surface area contributed by atoms with E-state index in [9.17, 15) is 4.79 Å². The number of nitrogens with zero attached hydrogens (tertiary/aromatic N) is 3. The molecule has 1 fully saturated rings. The van der Waals surface area contributed by atoms with E-state index in [1.54, 1.807) is 0 Å². The number of ether oxygens (including phenoxy) is 2. The van der Waals surface area contributed by atoms with E-state index < -0.39 is 12.0 Å². The van der Waals surface area contributed by atoms with E-state index in [4.69, 9.17) is 10.3 Å². The molecule has 0 aliphatic carbocycles. The van der Waals surface area contributed by atoms with Gasteiger partial charge in [-0.05, 0) is 24.3 Å². The zero-order valence-corrected chi connectivity index (χ0v) is 8.05. The van der Waals surface area contributed by atoms with E-state index in [1.807, 2.05) is 0 Å². The highest BCUT2D eigenvalue weighted by atomic mass is 16.5. The number of azide groups is 1. The molecule has 0 aromatic heterocycles. The zero-order valence-electron chi connectivity index (χ0n) is 8.05. The summed E-state index contributed by atoms with van der Waals surface area (Å²) in [6, 6.07) is -0.700. The van der Waals surface area contributed by atoms with E-state index in [0.29, 0.717) is 13.2 Å². The Hall–Kier alpha value is -1.26. The first-order valence-electron chi connectivity index (χ1n) is 4.49. The summed E-state index contributed by atoms with van der Waals surface area (Å²) in [4.78, 5) is 13.9. The predicted molar refractivity (Wildman–Crippen MR) is 48.5 cm³/mol. The van der Waals surface area contributed by atoms with Gasteiger partial charge in [-0.1, -0.05) is 5.11 Å². The van der Waals surface area contributed by atoms with Crippen molar-refractivity contribution in [3.8, 4) is 0 Å². The molecule has 1 rings (SSSR count). The third-order valence-corrected chi connectivity index (χ3v) is 2.33. The molecule has 0 aromatic rings. The summed E-state index contributed by atoms with van der Waals surface area (Å²) in [6.07, 6.45) is 1.47. The molecular weight excluding hydrogens is 186 g/mol. The Morgan fingerprint density at radius 2 is 2.29 bits per heavy atom. The van der Waals surface area contributed by atoms with Gasteiger partial charge < -0.3 is 9.47 Å². The van der Waals surface area contributed by atoms with Crippen LogP contribution < -0.4 is 0 Å². The van der Waals surface area contributed by atoms with Crippen LogP contribution in [0.4, 0.5) is 0 Å². The Labute approximate surface area is 81.8 Å². The number of hydrogen-bond donors (Lipinski definition) is 0. The van der Waals surface area contributed by atoms with E-state index >= 15 is 0 Å². The van der Waals surface area contributed by atoms with Gasteiger partial charge in [-0.3, -0.25) is 4.79 Å². The van der Waals surface area contributed by atoms with E-state index in [0.717, 1.165) is 12.8 Å². The van der Waals surface area contributed by atoms with Crippen LogP contribution in [0.15, 0.2) is 5.11 Å². The quantitative estimate of drug-likeness (QED) is 0.297. The van der Waals surface area contributed by atoms with E-state index in [-0.39, 0.29) is 5.92 Å². The average Bonchev–Trinajstić information content (AvgIpc) is 2.26. The smallest absolute Gasteiger partial charge is 0.314 e. The van der Waals surface area contributed by atoms with Crippen molar-refractivity contribution in [2.75, 3.05) is 20.3 Å². The highest BCUT2D eigenvalue weighted by molar-refractivity contribution is 5.76. The second-order valence-corrected chi connectivity index (χ2v) is 3.12. The fraction of sp³-hybridized carbons (Fsp3) is 0.875. The molecule has 78 valence electrons. The van der Waals surface area contributed by atoms with Crippen LogP contribution >= 0.6 is 0 Å². The summed E-state index contributed by atoms with van der Waals surface area (Å²) >= 11 is 0. The largest absolute Gasteiger partial charge is 0.469 e. The fourth-order valence-corrected chi connectivity index (χ4v) is 1.54. The van der Waals surface area contributed by atoms with Gasteiger partial charge >= 0.3 is 5.97 Å². The molecular formula is C8H13N3O3. The number of rotatable bonds is 3. The molecule has 0 saturated carbocycles. The van der Waals surface area contributed by atoms with Crippen molar-refractivity contribution >= 4 is 5.97 Å². The lowest BCUT2D eigenvalue weighted by Crippen LogP contribution is -2.32. The molecule has 0 N–H and O–H groups in total. The van der Waals surface area contributed by atoms with Gasteiger partial charge in [-0.2, -0.15) is 0 Å². The van der Waals surface area contributed by atoms with Gasteiger partial charge in [0.1, 0.15) is 6.04 Å². The van der Waals surface area contributed by atoms with Gasteiger partial charge in [0.2, 0.25) is 0 Å². The lowest BCUT2D eigenvalue weighted by molar-refractivity contribution is -0.144. The highest BCUT2D eigenvalue weighted by Gasteiger charge is 2.29. The molecule has 1 aliphatic rings. The number of methoxy groups -OCH3 is 1. The number of esters is 1. The van der Waals surface area contributed by atoms with Crippen LogP contribution in [-0.4, -0.2) is 32.3 Å². The van der Waals surface area contributed by atoms with Crippen molar-refractivity contribution in [1.29, 1.82) is 0 Å². The highest BCUT2D eigenvalue weighted by Crippen LogP contribution is 2.22. The van der Waals surface area contributed by atoms with Crippen molar-refractivity contribution in [2.24, 2.45) is 11.0 Å². The van der Waals surface area contributed by atoms with Gasteiger partial charge in [0.25, 0.3) is 0 Å². The molecule has 0 radical (unpaired) electrons. The van der Waals surface area contributed by atoms with Crippen molar-refractivity contribution < 1.29 is 14.3 Å². The van der Waals surface area contributed by atoms with Crippen molar-refractivity contribution in [2.45, 2.75) is 18.9 Å². The zero-order chi connectivity index (χ0) is 10.4. The lowest BCUT2D eigenvalue weighted by atomic mass is 9.92. The summed E-state index contributed by atoms with van der Waals surface area (Å²) < 4.78 is 9.73. The topological polar surface area (TPSA) is 84.3 Å². The maximum Gasteiger partial charge on any atom is 0.314 e. The van der Waals surface area contributed by atoms with Gasteiger partial charge in [0, 0.05) is 18.1 Å². The molecule has 1 saturated heterocycles. The minimum Gasteiger partial charge on any atom is -0.469 e. The summed E-state index contributed by atoms with van der Waals surface area (Å²) in [5.74, 6) is -0.415. The van der Waals surface area contributed by atoms with E-state index in [2.05, 4.69) is 14.8 Å². The molecule has 6 nitrogen and oxygen atoms in total. The molecule has 0 amide bonds. The Morgan fingerprint density at radius 1 is 1.64 bits per heavy atom. The van der Waals surface area contributed by atoms with Gasteiger partial charge in [0.15, 0.2) is 0 Å². The molecule has 0 bridgehead atoms.